The molecule has 2 nitrogen and oxygen atoms in total. The van der Waals surface area contributed by atoms with Gasteiger partial charge in [-0.2, -0.15) is 0 Å². The minimum absolute atomic E-state index is 0.0331. The highest BCUT2D eigenvalue weighted by Crippen LogP contribution is 2.23. The average molecular weight is 282 g/mol. The second kappa shape index (κ2) is 4.16. The summed E-state index contributed by atoms with van der Waals surface area (Å²) in [5.74, 6) is 0.0331. The Hall–Kier alpha value is -1.13. The minimum atomic E-state index is 0.0331. The lowest BCUT2D eigenvalue weighted by Crippen LogP contribution is -1.99. The van der Waals surface area contributed by atoms with Crippen molar-refractivity contribution >= 4 is 38.7 Å². The molecule has 0 bridgehead atoms. The molecule has 0 fully saturated rings. The van der Waals surface area contributed by atoms with Crippen LogP contribution in [0.2, 0.25) is 0 Å². The number of hydrogen-bond donors (Lipinski definition) is 1. The smallest absolute Gasteiger partial charge is 0.202 e. The highest BCUT2D eigenvalue weighted by Gasteiger charge is 2.10. The van der Waals surface area contributed by atoms with Gasteiger partial charge in [-0.3, -0.25) is 4.79 Å². The predicted molar refractivity (Wildman–Crippen MR) is 66.3 cm³/mol. The largest absolute Gasteiger partial charge is 0.398 e. The molecule has 1 aromatic heterocycles. The maximum Gasteiger partial charge on any atom is 0.202 e. The topological polar surface area (TPSA) is 43.1 Å². The van der Waals surface area contributed by atoms with Crippen molar-refractivity contribution in [2.24, 2.45) is 0 Å². The zero-order valence-electron chi connectivity index (χ0n) is 7.74. The molecular weight excluding hydrogens is 274 g/mol. The maximum atomic E-state index is 11.9. The van der Waals surface area contributed by atoms with Gasteiger partial charge in [-0.05, 0) is 45.6 Å². The normalized spacial score (nSPS) is 10.2. The molecule has 0 saturated heterocycles. The van der Waals surface area contributed by atoms with E-state index in [9.17, 15) is 4.79 Å². The predicted octanol–water partition coefficient (Wildman–Crippen LogP) is 3.32. The van der Waals surface area contributed by atoms with Gasteiger partial charge in [0.2, 0.25) is 5.78 Å². The summed E-state index contributed by atoms with van der Waals surface area (Å²) in [7, 11) is 0. The number of anilines is 1. The zero-order valence-corrected chi connectivity index (χ0v) is 10.1. The van der Waals surface area contributed by atoms with Gasteiger partial charge in [-0.1, -0.05) is 6.07 Å². The molecule has 0 atom stereocenters. The number of rotatable bonds is 2. The molecule has 0 amide bonds. The van der Waals surface area contributed by atoms with E-state index in [4.69, 9.17) is 5.73 Å². The van der Waals surface area contributed by atoms with Gasteiger partial charge in [0, 0.05) is 15.7 Å². The maximum absolute atomic E-state index is 11.9. The molecule has 4 heteroatoms. The molecule has 0 aliphatic carbocycles. The van der Waals surface area contributed by atoms with E-state index in [1.54, 1.807) is 18.2 Å². The van der Waals surface area contributed by atoms with Gasteiger partial charge in [-0.25, -0.2) is 0 Å². The number of ketones is 1. The van der Waals surface area contributed by atoms with Crippen LogP contribution in [0.5, 0.6) is 0 Å². The van der Waals surface area contributed by atoms with E-state index in [1.165, 1.54) is 11.3 Å². The second-order valence-corrected chi connectivity index (χ2v) is 4.84. The van der Waals surface area contributed by atoms with Crippen LogP contribution in [0.15, 0.2) is 40.2 Å². The molecular formula is C11H8BrNOS. The van der Waals surface area contributed by atoms with Crippen molar-refractivity contribution in [1.29, 1.82) is 0 Å². The van der Waals surface area contributed by atoms with Crippen LogP contribution in [0.25, 0.3) is 0 Å². The first kappa shape index (κ1) is 10.4. The number of nitrogens with two attached hydrogens (primary N) is 1. The molecule has 1 heterocycles. The molecule has 0 radical (unpaired) electrons. The van der Waals surface area contributed by atoms with Gasteiger partial charge >= 0.3 is 0 Å². The fourth-order valence-corrected chi connectivity index (χ4v) is 2.28. The van der Waals surface area contributed by atoms with Crippen LogP contribution in [0.4, 0.5) is 5.69 Å². The molecule has 2 rings (SSSR count). The Kier molecular flexibility index (Phi) is 2.88. The van der Waals surface area contributed by atoms with Crippen molar-refractivity contribution in [2.45, 2.75) is 0 Å². The van der Waals surface area contributed by atoms with Gasteiger partial charge in [0.05, 0.1) is 4.88 Å². The van der Waals surface area contributed by atoms with Crippen molar-refractivity contribution in [2.75, 3.05) is 5.73 Å². The van der Waals surface area contributed by atoms with E-state index in [0.29, 0.717) is 11.3 Å². The lowest BCUT2D eigenvalue weighted by molar-refractivity contribution is 0.104. The number of carbonyl (C=O) groups is 1. The number of thiophene rings is 1. The van der Waals surface area contributed by atoms with Gasteiger partial charge < -0.3 is 5.73 Å². The summed E-state index contributed by atoms with van der Waals surface area (Å²) in [6.45, 7) is 0. The summed E-state index contributed by atoms with van der Waals surface area (Å²) in [5, 5.41) is 1.89. The highest BCUT2D eigenvalue weighted by molar-refractivity contribution is 9.10. The minimum Gasteiger partial charge on any atom is -0.398 e. The molecule has 2 aromatic rings. The molecule has 15 heavy (non-hydrogen) atoms. The quantitative estimate of drug-likeness (QED) is 0.678. The van der Waals surface area contributed by atoms with Crippen LogP contribution < -0.4 is 5.73 Å². The first-order valence-corrected chi connectivity index (χ1v) is 5.99. The molecule has 1 aromatic carbocycles. The van der Waals surface area contributed by atoms with Crippen LogP contribution in [0, 0.1) is 0 Å². The lowest BCUT2D eigenvalue weighted by Gasteiger charge is -2.01. The zero-order chi connectivity index (χ0) is 10.8. The third-order valence-electron chi connectivity index (χ3n) is 2.01. The van der Waals surface area contributed by atoms with Gasteiger partial charge in [0.15, 0.2) is 0 Å². The highest BCUT2D eigenvalue weighted by atomic mass is 79.9. The summed E-state index contributed by atoms with van der Waals surface area (Å²) in [4.78, 5) is 12.7. The molecule has 0 spiro atoms. The Balaban J connectivity index is 2.39. The van der Waals surface area contributed by atoms with Crippen molar-refractivity contribution < 1.29 is 4.79 Å². The molecule has 0 aliphatic heterocycles. The van der Waals surface area contributed by atoms with E-state index >= 15 is 0 Å². The number of halogens is 1. The summed E-state index contributed by atoms with van der Waals surface area (Å²) >= 11 is 4.74. The van der Waals surface area contributed by atoms with Crippen LogP contribution in [-0.2, 0) is 0 Å². The van der Waals surface area contributed by atoms with Gasteiger partial charge in [0.25, 0.3) is 0 Å². The van der Waals surface area contributed by atoms with Crippen LogP contribution in [0.3, 0.4) is 0 Å². The van der Waals surface area contributed by atoms with Crippen LogP contribution >= 0.6 is 27.3 Å². The van der Waals surface area contributed by atoms with E-state index in [1.807, 2.05) is 17.5 Å². The Morgan fingerprint density at radius 1 is 1.33 bits per heavy atom. The summed E-state index contributed by atoms with van der Waals surface area (Å²) in [6, 6.07) is 8.89. The molecule has 76 valence electrons. The van der Waals surface area contributed by atoms with Crippen LogP contribution in [-0.4, -0.2) is 5.78 Å². The standard InChI is InChI=1S/C11H8BrNOS/c12-8-6-7(3-4-9(8)13)11(14)10-2-1-5-15-10/h1-6H,13H2. The molecule has 0 unspecified atom stereocenters. The number of nitrogen functional groups attached to an aromatic ring is 1. The molecule has 2 N–H and O–H groups in total. The lowest BCUT2D eigenvalue weighted by atomic mass is 10.1. The molecule has 0 aliphatic rings. The van der Waals surface area contributed by atoms with E-state index in [0.717, 1.165) is 9.35 Å². The van der Waals surface area contributed by atoms with Crippen molar-refractivity contribution in [3.8, 4) is 0 Å². The Morgan fingerprint density at radius 2 is 2.13 bits per heavy atom. The summed E-state index contributed by atoms with van der Waals surface area (Å²) in [5.41, 5.74) is 6.94. The number of hydrogen-bond acceptors (Lipinski definition) is 3. The summed E-state index contributed by atoms with van der Waals surface area (Å²) < 4.78 is 0.755. The first-order valence-electron chi connectivity index (χ1n) is 4.31. The van der Waals surface area contributed by atoms with E-state index in [-0.39, 0.29) is 5.78 Å². The number of benzene rings is 1. The fourth-order valence-electron chi connectivity index (χ4n) is 1.22. The van der Waals surface area contributed by atoms with E-state index < -0.39 is 0 Å². The molecule has 0 saturated carbocycles. The Bertz CT molecular complexity index is 493. The summed E-state index contributed by atoms with van der Waals surface area (Å²) in [6.07, 6.45) is 0. The third kappa shape index (κ3) is 2.11. The fraction of sp³-hybridized carbons (Fsp3) is 0. The van der Waals surface area contributed by atoms with Crippen molar-refractivity contribution in [1.82, 2.24) is 0 Å². The Morgan fingerprint density at radius 3 is 2.73 bits per heavy atom. The van der Waals surface area contributed by atoms with Crippen LogP contribution in [0.1, 0.15) is 15.2 Å². The van der Waals surface area contributed by atoms with Crippen molar-refractivity contribution in [3.63, 3.8) is 0 Å². The third-order valence-corrected chi connectivity index (χ3v) is 3.56. The van der Waals surface area contributed by atoms with Crippen molar-refractivity contribution in [3.05, 3.63) is 50.6 Å². The first-order chi connectivity index (χ1) is 7.18. The van der Waals surface area contributed by atoms with Gasteiger partial charge in [0.1, 0.15) is 0 Å². The monoisotopic (exact) mass is 281 g/mol. The average Bonchev–Trinajstić information content (AvgIpc) is 2.74. The Labute approximate surface area is 99.9 Å². The SMILES string of the molecule is Nc1ccc(C(=O)c2cccs2)cc1Br. The second-order valence-electron chi connectivity index (χ2n) is 3.04. The van der Waals surface area contributed by atoms with Gasteiger partial charge in [-0.15, -0.1) is 11.3 Å². The number of carbonyl (C=O) groups excluding carboxylic acids is 1. The van der Waals surface area contributed by atoms with E-state index in [2.05, 4.69) is 15.9 Å².